The van der Waals surface area contributed by atoms with E-state index in [0.717, 1.165) is 0 Å². The van der Waals surface area contributed by atoms with Crippen LogP contribution in [0.2, 0.25) is 0 Å². The average molecular weight is 228 g/mol. The topological polar surface area (TPSA) is 0 Å². The fourth-order valence-corrected chi connectivity index (χ4v) is 0.494. The summed E-state index contributed by atoms with van der Waals surface area (Å²) >= 11 is 6.74. The zero-order valence-electron chi connectivity index (χ0n) is 4.41. The maximum absolute atomic E-state index is 3.38. The van der Waals surface area contributed by atoms with E-state index in [0.29, 0.717) is 4.83 Å². The second-order valence-corrected chi connectivity index (χ2v) is 3.58. The van der Waals surface area contributed by atoms with Gasteiger partial charge in [0.1, 0.15) is 0 Å². The number of hydrogen-bond acceptors (Lipinski definition) is 0. The molecule has 42 valence electrons. The van der Waals surface area contributed by atoms with Crippen molar-refractivity contribution in [2.75, 3.05) is 0 Å². The molecule has 0 aromatic heterocycles. The minimum atomic E-state index is 0.456. The van der Waals surface area contributed by atoms with E-state index in [9.17, 15) is 0 Å². The Hall–Kier alpha value is 0.700. The van der Waals surface area contributed by atoms with Gasteiger partial charge in [0, 0.05) is 9.31 Å². The zero-order chi connectivity index (χ0) is 5.86. The molecule has 0 aromatic rings. The molecule has 0 aliphatic carbocycles. The smallest absolute Gasteiger partial charge is 0.0429 e. The van der Waals surface area contributed by atoms with E-state index < -0.39 is 0 Å². The monoisotopic (exact) mass is 226 g/mol. The molecule has 0 spiro atoms. The lowest BCUT2D eigenvalue weighted by atomic mass is 10.4. The van der Waals surface area contributed by atoms with Gasteiger partial charge in [-0.25, -0.2) is 0 Å². The van der Waals surface area contributed by atoms with Crippen LogP contribution >= 0.6 is 31.9 Å². The Balaban J connectivity index is 3.56. The highest BCUT2D eigenvalue weighted by molar-refractivity contribution is 9.14. The predicted octanol–water partition coefficient (Wildman–Crippen LogP) is 3.07. The third-order valence-corrected chi connectivity index (χ3v) is 2.91. The van der Waals surface area contributed by atoms with Gasteiger partial charge >= 0.3 is 0 Å². The maximum atomic E-state index is 3.38. The molecule has 0 rings (SSSR count). The first-order chi connectivity index (χ1) is 3.18. The minimum absolute atomic E-state index is 0.456. The van der Waals surface area contributed by atoms with Gasteiger partial charge < -0.3 is 0 Å². The largest absolute Gasteiger partial charge is 0.0836 e. The van der Waals surface area contributed by atoms with Crippen molar-refractivity contribution in [2.24, 2.45) is 0 Å². The fourth-order valence-electron chi connectivity index (χ4n) is 0.230. The maximum Gasteiger partial charge on any atom is 0.0429 e. The lowest BCUT2D eigenvalue weighted by Crippen LogP contribution is -1.85. The summed E-state index contributed by atoms with van der Waals surface area (Å²) in [5, 5.41) is 0. The Morgan fingerprint density at radius 2 is 2.14 bits per heavy atom. The van der Waals surface area contributed by atoms with E-state index in [1.54, 1.807) is 0 Å². The molecule has 1 atom stereocenters. The summed E-state index contributed by atoms with van der Waals surface area (Å²) in [5.74, 6) is 0. The molecular formula is C5H8Br2. The molecule has 0 nitrogen and oxygen atoms in total. The van der Waals surface area contributed by atoms with Crippen molar-refractivity contribution in [3.05, 3.63) is 10.6 Å². The summed E-state index contributed by atoms with van der Waals surface area (Å²) in [6, 6.07) is 0. The lowest BCUT2D eigenvalue weighted by Gasteiger charge is -1.95. The molecule has 0 bridgehead atoms. The molecule has 0 unspecified atom stereocenters. The first kappa shape index (κ1) is 7.70. The van der Waals surface area contributed by atoms with E-state index in [1.165, 1.54) is 4.48 Å². The van der Waals surface area contributed by atoms with Gasteiger partial charge in [-0.2, -0.15) is 0 Å². The third-order valence-electron chi connectivity index (χ3n) is 0.656. The van der Waals surface area contributed by atoms with E-state index in [1.807, 2.05) is 13.0 Å². The van der Waals surface area contributed by atoms with Crippen LogP contribution in [0.15, 0.2) is 10.6 Å². The highest BCUT2D eigenvalue weighted by Gasteiger charge is 1.94. The Morgan fingerprint density at radius 3 is 2.14 bits per heavy atom. The lowest BCUT2D eigenvalue weighted by molar-refractivity contribution is 1.25. The molecule has 0 radical (unpaired) electrons. The van der Waals surface area contributed by atoms with Crippen LogP contribution in [-0.2, 0) is 0 Å². The average Bonchev–Trinajstić information content (AvgIpc) is 1.65. The molecule has 2 heteroatoms. The summed E-state index contributed by atoms with van der Waals surface area (Å²) in [4.78, 5) is 0.456. The summed E-state index contributed by atoms with van der Waals surface area (Å²) in [7, 11) is 0. The molecule has 0 saturated heterocycles. The number of alkyl halides is 1. The van der Waals surface area contributed by atoms with Crippen LogP contribution in [0.4, 0.5) is 0 Å². The molecule has 0 aromatic carbocycles. The predicted molar refractivity (Wildman–Crippen MR) is 41.1 cm³/mol. The molecule has 7 heavy (non-hydrogen) atoms. The second-order valence-electron chi connectivity index (χ2n) is 1.29. The Morgan fingerprint density at radius 1 is 1.71 bits per heavy atom. The summed E-state index contributed by atoms with van der Waals surface area (Å²) in [6.07, 6.45) is 2.03. The van der Waals surface area contributed by atoms with Gasteiger partial charge in [-0.05, 0) is 13.8 Å². The van der Waals surface area contributed by atoms with Crippen molar-refractivity contribution in [1.82, 2.24) is 0 Å². The van der Waals surface area contributed by atoms with Crippen LogP contribution in [0.3, 0.4) is 0 Å². The van der Waals surface area contributed by atoms with E-state index in [4.69, 9.17) is 0 Å². The number of rotatable bonds is 1. The van der Waals surface area contributed by atoms with Crippen LogP contribution in [-0.4, -0.2) is 4.83 Å². The second kappa shape index (κ2) is 3.67. The van der Waals surface area contributed by atoms with Gasteiger partial charge in [0.15, 0.2) is 0 Å². The zero-order valence-corrected chi connectivity index (χ0v) is 7.58. The van der Waals surface area contributed by atoms with Gasteiger partial charge in [-0.3, -0.25) is 0 Å². The van der Waals surface area contributed by atoms with E-state index in [-0.39, 0.29) is 0 Å². The van der Waals surface area contributed by atoms with Crippen LogP contribution in [0.5, 0.6) is 0 Å². The van der Waals surface area contributed by atoms with E-state index in [2.05, 4.69) is 38.8 Å². The highest BCUT2D eigenvalue weighted by atomic mass is 79.9. The molecule has 0 amide bonds. The summed E-state index contributed by atoms with van der Waals surface area (Å²) in [6.45, 7) is 4.08. The van der Waals surface area contributed by atoms with Crippen molar-refractivity contribution in [2.45, 2.75) is 18.7 Å². The van der Waals surface area contributed by atoms with Crippen molar-refractivity contribution in [3.63, 3.8) is 0 Å². The van der Waals surface area contributed by atoms with Gasteiger partial charge in [0.05, 0.1) is 0 Å². The Bertz CT molecular complexity index is 74.1. The van der Waals surface area contributed by atoms with Gasteiger partial charge in [0.2, 0.25) is 0 Å². The molecular weight excluding hydrogens is 220 g/mol. The molecule has 0 aliphatic rings. The van der Waals surface area contributed by atoms with Crippen LogP contribution in [0.1, 0.15) is 13.8 Å². The fraction of sp³-hybridized carbons (Fsp3) is 0.600. The van der Waals surface area contributed by atoms with Gasteiger partial charge in [-0.15, -0.1) is 0 Å². The first-order valence-corrected chi connectivity index (χ1v) is 3.85. The minimum Gasteiger partial charge on any atom is -0.0836 e. The van der Waals surface area contributed by atoms with Crippen molar-refractivity contribution < 1.29 is 0 Å². The molecule has 0 fully saturated rings. The molecule has 0 saturated carbocycles. The summed E-state index contributed by atoms with van der Waals surface area (Å²) in [5.41, 5.74) is 0. The Labute approximate surface area is 61.2 Å². The highest BCUT2D eigenvalue weighted by Crippen LogP contribution is 2.16. The molecule has 0 N–H and O–H groups in total. The summed E-state index contributed by atoms with van der Waals surface area (Å²) < 4.78 is 1.20. The van der Waals surface area contributed by atoms with Crippen LogP contribution < -0.4 is 0 Å². The SMILES string of the molecule is C/C=C(\Br)[C@@H](C)Br. The van der Waals surface area contributed by atoms with Gasteiger partial charge in [0.25, 0.3) is 0 Å². The van der Waals surface area contributed by atoms with E-state index >= 15 is 0 Å². The van der Waals surface area contributed by atoms with Gasteiger partial charge in [-0.1, -0.05) is 37.9 Å². The molecule has 0 heterocycles. The number of allylic oxidation sites excluding steroid dienone is 2. The number of halogens is 2. The standard InChI is InChI=1S/C5H8Br2/c1-3-5(7)4(2)6/h3-4H,1-2H3/b5-3-/t4-/m1/s1. The third kappa shape index (κ3) is 3.30. The normalized spacial score (nSPS) is 16.9. The number of hydrogen-bond donors (Lipinski definition) is 0. The van der Waals surface area contributed by atoms with Crippen molar-refractivity contribution >= 4 is 31.9 Å². The Kier molecular flexibility index (Phi) is 4.04. The quantitative estimate of drug-likeness (QED) is 0.605. The van der Waals surface area contributed by atoms with Crippen molar-refractivity contribution in [3.8, 4) is 0 Å². The first-order valence-electron chi connectivity index (χ1n) is 2.14. The van der Waals surface area contributed by atoms with Crippen molar-refractivity contribution in [1.29, 1.82) is 0 Å². The molecule has 0 aliphatic heterocycles. The van der Waals surface area contributed by atoms with Crippen LogP contribution in [0.25, 0.3) is 0 Å². The van der Waals surface area contributed by atoms with Crippen LogP contribution in [0, 0.1) is 0 Å².